The average Bonchev–Trinajstić information content (AvgIpc) is 3.24. The fraction of sp³-hybridized carbons (Fsp3) is 0.714. The molecule has 0 aliphatic heterocycles. The summed E-state index contributed by atoms with van der Waals surface area (Å²) in [5.41, 5.74) is 0. The Balaban J connectivity index is 1.51. The fourth-order valence-corrected chi connectivity index (χ4v) is 3.27. The van der Waals surface area contributed by atoms with Crippen molar-refractivity contribution in [1.29, 1.82) is 0 Å². The van der Waals surface area contributed by atoms with Crippen LogP contribution in [-0.4, -0.2) is 23.5 Å². The van der Waals surface area contributed by atoms with Crippen LogP contribution in [0.4, 0.5) is 0 Å². The Hall–Kier alpha value is -0.380. The summed E-state index contributed by atoms with van der Waals surface area (Å²) in [6, 6.07) is 6.32. The van der Waals surface area contributed by atoms with Crippen LogP contribution in [0.25, 0.3) is 0 Å². The van der Waals surface area contributed by atoms with Crippen LogP contribution in [0.15, 0.2) is 12.1 Å². The Morgan fingerprint density at radius 1 is 1.24 bits per heavy atom. The molecule has 0 aromatic carbocycles. The molecule has 0 spiro atoms. The quantitative estimate of drug-likeness (QED) is 0.800. The van der Waals surface area contributed by atoms with Crippen LogP contribution in [0.3, 0.4) is 0 Å². The van der Waals surface area contributed by atoms with Gasteiger partial charge in [-0.3, -0.25) is 4.90 Å². The SMILES string of the molecule is CCN(Cc1ccc(CNC2CC2)s1)C1CC1. The number of hydrogen-bond acceptors (Lipinski definition) is 3. The third-order valence-corrected chi connectivity index (χ3v) is 4.76. The lowest BCUT2D eigenvalue weighted by molar-refractivity contribution is 0.272. The van der Waals surface area contributed by atoms with E-state index in [2.05, 4.69) is 29.3 Å². The first kappa shape index (κ1) is 11.7. The summed E-state index contributed by atoms with van der Waals surface area (Å²) in [6.45, 7) is 5.71. The van der Waals surface area contributed by atoms with Crippen molar-refractivity contribution < 1.29 is 0 Å². The number of nitrogens with zero attached hydrogens (tertiary/aromatic N) is 1. The topological polar surface area (TPSA) is 15.3 Å². The molecule has 0 saturated heterocycles. The van der Waals surface area contributed by atoms with Crippen LogP contribution in [0, 0.1) is 0 Å². The average molecular weight is 250 g/mol. The normalized spacial score (nSPS) is 20.1. The molecule has 1 heterocycles. The van der Waals surface area contributed by atoms with E-state index >= 15 is 0 Å². The second-order valence-electron chi connectivity index (χ2n) is 5.32. The minimum absolute atomic E-state index is 0.819. The van der Waals surface area contributed by atoms with Gasteiger partial charge < -0.3 is 5.32 Å². The standard InChI is InChI=1S/C14H22N2S/c1-2-16(12-5-6-12)10-14-8-7-13(17-14)9-15-11-3-4-11/h7-8,11-12,15H,2-6,9-10H2,1H3. The van der Waals surface area contributed by atoms with E-state index in [1.54, 1.807) is 0 Å². The van der Waals surface area contributed by atoms with Gasteiger partial charge in [0.1, 0.15) is 0 Å². The van der Waals surface area contributed by atoms with Crippen LogP contribution < -0.4 is 5.32 Å². The maximum absolute atomic E-state index is 3.59. The van der Waals surface area contributed by atoms with Gasteiger partial charge in [-0.15, -0.1) is 11.3 Å². The lowest BCUT2D eigenvalue weighted by Crippen LogP contribution is -2.24. The van der Waals surface area contributed by atoms with Crippen LogP contribution in [0.5, 0.6) is 0 Å². The maximum atomic E-state index is 3.59. The van der Waals surface area contributed by atoms with Gasteiger partial charge in [0.05, 0.1) is 0 Å². The summed E-state index contributed by atoms with van der Waals surface area (Å²) in [6.07, 6.45) is 5.58. The van der Waals surface area contributed by atoms with Crippen LogP contribution in [0.1, 0.15) is 42.4 Å². The molecule has 2 aliphatic rings. The van der Waals surface area contributed by atoms with Crippen molar-refractivity contribution in [3.05, 3.63) is 21.9 Å². The van der Waals surface area contributed by atoms with E-state index in [0.29, 0.717) is 0 Å². The van der Waals surface area contributed by atoms with Gasteiger partial charge in [-0.25, -0.2) is 0 Å². The van der Waals surface area contributed by atoms with E-state index in [1.165, 1.54) is 42.0 Å². The molecule has 3 heteroatoms. The van der Waals surface area contributed by atoms with Gasteiger partial charge in [-0.05, 0) is 44.4 Å². The molecule has 1 aromatic rings. The summed E-state index contributed by atoms with van der Waals surface area (Å²) in [5, 5.41) is 3.59. The molecule has 3 rings (SSSR count). The first-order valence-electron chi connectivity index (χ1n) is 6.90. The Morgan fingerprint density at radius 3 is 2.65 bits per heavy atom. The van der Waals surface area contributed by atoms with Crippen molar-refractivity contribution >= 4 is 11.3 Å². The molecule has 0 bridgehead atoms. The zero-order valence-electron chi connectivity index (χ0n) is 10.6. The number of thiophene rings is 1. The minimum Gasteiger partial charge on any atom is -0.309 e. The van der Waals surface area contributed by atoms with Crippen molar-refractivity contribution in [1.82, 2.24) is 10.2 Å². The van der Waals surface area contributed by atoms with Gasteiger partial charge in [0.2, 0.25) is 0 Å². The lowest BCUT2D eigenvalue weighted by atomic mass is 10.3. The molecule has 2 saturated carbocycles. The van der Waals surface area contributed by atoms with Gasteiger partial charge in [-0.2, -0.15) is 0 Å². The molecule has 0 unspecified atom stereocenters. The highest BCUT2D eigenvalue weighted by atomic mass is 32.1. The van der Waals surface area contributed by atoms with E-state index < -0.39 is 0 Å². The summed E-state index contributed by atoms with van der Waals surface area (Å²) >= 11 is 1.99. The Labute approximate surface area is 108 Å². The van der Waals surface area contributed by atoms with E-state index in [-0.39, 0.29) is 0 Å². The smallest absolute Gasteiger partial charge is 0.0330 e. The van der Waals surface area contributed by atoms with Crippen LogP contribution in [0.2, 0.25) is 0 Å². The second-order valence-corrected chi connectivity index (χ2v) is 6.57. The highest BCUT2D eigenvalue weighted by Crippen LogP contribution is 2.29. The van der Waals surface area contributed by atoms with E-state index in [4.69, 9.17) is 0 Å². The van der Waals surface area contributed by atoms with Crippen molar-refractivity contribution in [2.45, 2.75) is 57.8 Å². The lowest BCUT2D eigenvalue weighted by Gasteiger charge is -2.18. The molecule has 2 aliphatic carbocycles. The summed E-state index contributed by atoms with van der Waals surface area (Å²) in [4.78, 5) is 5.65. The van der Waals surface area contributed by atoms with Crippen LogP contribution >= 0.6 is 11.3 Å². The van der Waals surface area contributed by atoms with Gasteiger partial charge in [0.25, 0.3) is 0 Å². The Morgan fingerprint density at radius 2 is 2.00 bits per heavy atom. The molecule has 1 aromatic heterocycles. The molecule has 0 amide bonds. The highest BCUT2D eigenvalue weighted by molar-refractivity contribution is 7.11. The monoisotopic (exact) mass is 250 g/mol. The van der Waals surface area contributed by atoms with Gasteiger partial charge in [0, 0.05) is 34.9 Å². The summed E-state index contributed by atoms with van der Waals surface area (Å²) < 4.78 is 0. The number of nitrogens with one attached hydrogen (secondary N) is 1. The van der Waals surface area contributed by atoms with E-state index in [0.717, 1.165) is 25.2 Å². The van der Waals surface area contributed by atoms with Crippen molar-refractivity contribution in [3.8, 4) is 0 Å². The third kappa shape index (κ3) is 3.30. The molecule has 2 fully saturated rings. The Bertz CT molecular complexity index is 366. The first-order valence-corrected chi connectivity index (χ1v) is 7.72. The number of rotatable bonds is 7. The second kappa shape index (κ2) is 5.09. The number of hydrogen-bond donors (Lipinski definition) is 1. The zero-order valence-corrected chi connectivity index (χ0v) is 11.4. The fourth-order valence-electron chi connectivity index (χ4n) is 2.27. The van der Waals surface area contributed by atoms with Gasteiger partial charge >= 0.3 is 0 Å². The molecule has 0 atom stereocenters. The van der Waals surface area contributed by atoms with Crippen LogP contribution in [-0.2, 0) is 13.1 Å². The van der Waals surface area contributed by atoms with Gasteiger partial charge in [0.15, 0.2) is 0 Å². The molecular formula is C14H22N2S. The molecule has 94 valence electrons. The Kier molecular flexibility index (Phi) is 3.50. The van der Waals surface area contributed by atoms with Gasteiger partial charge in [-0.1, -0.05) is 6.92 Å². The molecule has 17 heavy (non-hydrogen) atoms. The summed E-state index contributed by atoms with van der Waals surface area (Å²) in [7, 11) is 0. The predicted molar refractivity (Wildman–Crippen MR) is 73.3 cm³/mol. The van der Waals surface area contributed by atoms with E-state index in [9.17, 15) is 0 Å². The van der Waals surface area contributed by atoms with E-state index in [1.807, 2.05) is 11.3 Å². The predicted octanol–water partition coefficient (Wildman–Crippen LogP) is 2.98. The maximum Gasteiger partial charge on any atom is 0.0330 e. The van der Waals surface area contributed by atoms with Crippen molar-refractivity contribution in [2.24, 2.45) is 0 Å². The molecule has 1 N–H and O–H groups in total. The molecule has 0 radical (unpaired) electrons. The first-order chi connectivity index (χ1) is 8.35. The molecule has 2 nitrogen and oxygen atoms in total. The van der Waals surface area contributed by atoms with Crippen molar-refractivity contribution in [2.75, 3.05) is 6.54 Å². The highest BCUT2D eigenvalue weighted by Gasteiger charge is 2.27. The largest absolute Gasteiger partial charge is 0.309 e. The third-order valence-electron chi connectivity index (χ3n) is 3.69. The van der Waals surface area contributed by atoms with Crippen molar-refractivity contribution in [3.63, 3.8) is 0 Å². The molecular weight excluding hydrogens is 228 g/mol. The minimum atomic E-state index is 0.819. The zero-order chi connectivity index (χ0) is 11.7. The summed E-state index contributed by atoms with van der Waals surface area (Å²) in [5.74, 6) is 0.